The fraction of sp³-hybridized carbons (Fsp3) is 0.238. The van der Waals surface area contributed by atoms with E-state index in [9.17, 15) is 27.6 Å². The summed E-state index contributed by atoms with van der Waals surface area (Å²) in [6.07, 6.45) is -4.65. The number of alkyl halides is 3. The topological polar surface area (TPSA) is 96.8 Å². The van der Waals surface area contributed by atoms with Crippen LogP contribution in [0.15, 0.2) is 46.0 Å². The molecule has 7 nitrogen and oxygen atoms in total. The Morgan fingerprint density at radius 2 is 1.81 bits per heavy atom. The highest BCUT2D eigenvalue weighted by Gasteiger charge is 2.34. The summed E-state index contributed by atoms with van der Waals surface area (Å²) in [5, 5.41) is 6.34. The van der Waals surface area contributed by atoms with Crippen LogP contribution in [-0.4, -0.2) is 20.7 Å². The van der Waals surface area contributed by atoms with Crippen molar-refractivity contribution in [1.82, 2.24) is 20.1 Å². The number of H-pyrrole nitrogens is 1. The van der Waals surface area contributed by atoms with Crippen molar-refractivity contribution in [2.24, 2.45) is 0 Å². The number of aromatic nitrogens is 3. The van der Waals surface area contributed by atoms with Crippen molar-refractivity contribution in [2.75, 3.05) is 0 Å². The molecule has 162 valence electrons. The number of aryl methyl sites for hydroxylation is 3. The third-order valence-electron chi connectivity index (χ3n) is 4.68. The molecule has 31 heavy (non-hydrogen) atoms. The summed E-state index contributed by atoms with van der Waals surface area (Å²) in [7, 11) is 0. The summed E-state index contributed by atoms with van der Waals surface area (Å²) in [6.45, 7) is 4.66. The molecule has 0 radical (unpaired) electrons. The predicted molar refractivity (Wildman–Crippen MR) is 107 cm³/mol. The number of carbonyl (C=O) groups is 1. The van der Waals surface area contributed by atoms with Gasteiger partial charge < -0.3 is 10.3 Å². The molecule has 1 aromatic carbocycles. The highest BCUT2D eigenvalue weighted by molar-refractivity contribution is 5.92. The van der Waals surface area contributed by atoms with E-state index in [0.717, 1.165) is 16.8 Å². The van der Waals surface area contributed by atoms with Gasteiger partial charge in [-0.2, -0.15) is 18.3 Å². The van der Waals surface area contributed by atoms with Crippen molar-refractivity contribution in [2.45, 2.75) is 33.5 Å². The van der Waals surface area contributed by atoms with Crippen LogP contribution in [-0.2, 0) is 12.7 Å². The molecule has 3 rings (SSSR count). The molecule has 0 aliphatic heterocycles. The highest BCUT2D eigenvalue weighted by atomic mass is 19.4. The van der Waals surface area contributed by atoms with Crippen LogP contribution in [0.4, 0.5) is 13.2 Å². The first-order chi connectivity index (χ1) is 14.5. The first kappa shape index (κ1) is 22.0. The van der Waals surface area contributed by atoms with Crippen LogP contribution in [0.1, 0.15) is 38.6 Å². The first-order valence-electron chi connectivity index (χ1n) is 9.24. The van der Waals surface area contributed by atoms with Crippen LogP contribution >= 0.6 is 0 Å². The second-order valence-corrected chi connectivity index (χ2v) is 7.05. The number of amides is 1. The number of rotatable bonds is 4. The maximum Gasteiger partial charge on any atom is 0.418 e. The second-order valence-electron chi connectivity index (χ2n) is 7.05. The van der Waals surface area contributed by atoms with Crippen LogP contribution in [0, 0.1) is 20.8 Å². The Morgan fingerprint density at radius 1 is 1.13 bits per heavy atom. The van der Waals surface area contributed by atoms with E-state index < -0.39 is 28.8 Å². The molecule has 2 heterocycles. The van der Waals surface area contributed by atoms with Crippen molar-refractivity contribution >= 4 is 5.91 Å². The second kappa shape index (κ2) is 8.21. The number of benzene rings is 1. The number of para-hydroxylation sites is 1. The Morgan fingerprint density at radius 3 is 2.45 bits per heavy atom. The normalized spacial score (nSPS) is 11.4. The average Bonchev–Trinajstić information content (AvgIpc) is 2.66. The smallest absolute Gasteiger partial charge is 0.346 e. The van der Waals surface area contributed by atoms with E-state index in [4.69, 9.17) is 0 Å². The molecule has 10 heteroatoms. The van der Waals surface area contributed by atoms with Crippen molar-refractivity contribution in [3.8, 4) is 5.69 Å². The number of hydrogen-bond donors (Lipinski definition) is 2. The van der Waals surface area contributed by atoms with Crippen molar-refractivity contribution in [1.29, 1.82) is 0 Å². The summed E-state index contributed by atoms with van der Waals surface area (Å²) in [4.78, 5) is 39.6. The fourth-order valence-corrected chi connectivity index (χ4v) is 3.20. The van der Waals surface area contributed by atoms with Crippen LogP contribution < -0.4 is 16.3 Å². The van der Waals surface area contributed by atoms with E-state index in [0.29, 0.717) is 16.8 Å². The minimum atomic E-state index is -4.65. The Bertz CT molecular complexity index is 1280. The molecule has 0 spiro atoms. The average molecular weight is 432 g/mol. The Labute approximate surface area is 174 Å². The number of halogens is 3. The number of hydrogen-bond acceptors (Lipinski definition) is 4. The van der Waals surface area contributed by atoms with Crippen LogP contribution in [0.5, 0.6) is 0 Å². The van der Waals surface area contributed by atoms with Gasteiger partial charge in [0.25, 0.3) is 11.5 Å². The van der Waals surface area contributed by atoms with Gasteiger partial charge in [0.05, 0.1) is 11.3 Å². The summed E-state index contributed by atoms with van der Waals surface area (Å²) in [5.41, 5.74) is -1.24. The molecule has 0 fully saturated rings. The van der Waals surface area contributed by atoms with Crippen molar-refractivity contribution in [3.63, 3.8) is 0 Å². The lowest BCUT2D eigenvalue weighted by Crippen LogP contribution is -2.33. The first-order valence-corrected chi connectivity index (χ1v) is 9.24. The molecule has 2 N–H and O–H groups in total. The Hall–Kier alpha value is -3.69. The van der Waals surface area contributed by atoms with E-state index in [2.05, 4.69) is 15.4 Å². The summed E-state index contributed by atoms with van der Waals surface area (Å²) in [5.74, 6) is -0.900. The zero-order chi connectivity index (χ0) is 22.9. The lowest BCUT2D eigenvalue weighted by Gasteiger charge is -2.16. The van der Waals surface area contributed by atoms with Gasteiger partial charge in [-0.3, -0.25) is 14.4 Å². The monoisotopic (exact) mass is 432 g/mol. The van der Waals surface area contributed by atoms with Gasteiger partial charge in [0.2, 0.25) is 5.43 Å². The number of aromatic amines is 1. The third-order valence-corrected chi connectivity index (χ3v) is 4.68. The zero-order valence-electron chi connectivity index (χ0n) is 16.9. The molecule has 0 aliphatic carbocycles. The van der Waals surface area contributed by atoms with Gasteiger partial charge in [0.1, 0.15) is 0 Å². The maximum atomic E-state index is 13.4. The number of carbonyl (C=O) groups excluding carboxylic acids is 1. The van der Waals surface area contributed by atoms with Crippen LogP contribution in [0.3, 0.4) is 0 Å². The molecule has 0 aliphatic rings. The van der Waals surface area contributed by atoms with Crippen molar-refractivity contribution < 1.29 is 18.0 Å². The van der Waals surface area contributed by atoms with Gasteiger partial charge in [-0.25, -0.2) is 4.68 Å². The van der Waals surface area contributed by atoms with Crippen molar-refractivity contribution in [3.05, 3.63) is 90.7 Å². The van der Waals surface area contributed by atoms with E-state index >= 15 is 0 Å². The SMILES string of the molecule is Cc1cc(C)c(CNC(=O)c2nn(-c3ccccc3C(F)(F)F)c(C)cc2=O)c(=O)[nH]1. The fourth-order valence-electron chi connectivity index (χ4n) is 3.20. The molecule has 0 saturated carbocycles. The molecule has 0 bridgehead atoms. The van der Waals surface area contributed by atoms with E-state index in [1.54, 1.807) is 19.9 Å². The van der Waals surface area contributed by atoms with E-state index in [1.165, 1.54) is 25.1 Å². The standard InChI is InChI=1S/C21H19F3N4O3/c1-11-8-12(2)26-19(30)14(11)10-25-20(31)18-17(29)9-13(3)28(27-18)16-7-5-4-6-15(16)21(22,23)24/h4-9H,10H2,1-3H3,(H,25,31)(H,26,30). The Balaban J connectivity index is 1.99. The number of pyridine rings is 1. The zero-order valence-corrected chi connectivity index (χ0v) is 16.9. The van der Waals surface area contributed by atoms with E-state index in [-0.39, 0.29) is 23.5 Å². The highest BCUT2D eigenvalue weighted by Crippen LogP contribution is 2.33. The minimum Gasteiger partial charge on any atom is -0.346 e. The summed E-state index contributed by atoms with van der Waals surface area (Å²) >= 11 is 0. The molecular formula is C21H19F3N4O3. The largest absolute Gasteiger partial charge is 0.418 e. The molecule has 2 aromatic heterocycles. The number of nitrogens with one attached hydrogen (secondary N) is 2. The van der Waals surface area contributed by atoms with Crippen LogP contribution in [0.25, 0.3) is 5.69 Å². The van der Waals surface area contributed by atoms with Gasteiger partial charge in [0, 0.05) is 29.6 Å². The molecule has 3 aromatic rings. The Kier molecular flexibility index (Phi) is 5.83. The van der Waals surface area contributed by atoms with Gasteiger partial charge in [-0.15, -0.1) is 0 Å². The summed E-state index contributed by atoms with van der Waals surface area (Å²) in [6, 6.07) is 7.49. The molecular weight excluding hydrogens is 413 g/mol. The van der Waals surface area contributed by atoms with Gasteiger partial charge >= 0.3 is 6.18 Å². The van der Waals surface area contributed by atoms with Gasteiger partial charge in [-0.05, 0) is 44.5 Å². The quantitative estimate of drug-likeness (QED) is 0.663. The van der Waals surface area contributed by atoms with Gasteiger partial charge in [0.15, 0.2) is 5.69 Å². The third kappa shape index (κ3) is 4.57. The molecule has 0 saturated heterocycles. The number of nitrogens with zero attached hydrogens (tertiary/aromatic N) is 2. The maximum absolute atomic E-state index is 13.4. The summed E-state index contributed by atoms with van der Waals surface area (Å²) < 4.78 is 41.1. The van der Waals surface area contributed by atoms with Gasteiger partial charge in [-0.1, -0.05) is 12.1 Å². The lowest BCUT2D eigenvalue weighted by molar-refractivity contribution is -0.137. The molecule has 0 unspecified atom stereocenters. The van der Waals surface area contributed by atoms with Crippen LogP contribution in [0.2, 0.25) is 0 Å². The lowest BCUT2D eigenvalue weighted by atomic mass is 10.1. The predicted octanol–water partition coefficient (Wildman–Crippen LogP) is 2.79. The minimum absolute atomic E-state index is 0.129. The molecule has 1 amide bonds. The molecule has 0 atom stereocenters. The van der Waals surface area contributed by atoms with E-state index in [1.807, 2.05) is 0 Å².